The molecule has 0 amide bonds. The van der Waals surface area contributed by atoms with Crippen LogP contribution in [0.1, 0.15) is 27.0 Å². The second kappa shape index (κ2) is 5.06. The molecule has 0 bridgehead atoms. The summed E-state index contributed by atoms with van der Waals surface area (Å²) in [6, 6.07) is 1.41. The number of hydrogen-bond donors (Lipinski definition) is 1. The fourth-order valence-electron chi connectivity index (χ4n) is 2.45. The summed E-state index contributed by atoms with van der Waals surface area (Å²) < 4.78 is 18.3. The molecule has 1 aromatic rings. The van der Waals surface area contributed by atoms with Gasteiger partial charge in [-0.05, 0) is 20.8 Å². The lowest BCUT2D eigenvalue weighted by atomic mass is 9.97. The summed E-state index contributed by atoms with van der Waals surface area (Å²) in [6.07, 6.45) is -1.17. The molecule has 1 N–H and O–H groups in total. The molecule has 0 spiro atoms. The van der Waals surface area contributed by atoms with E-state index in [-0.39, 0.29) is 12.6 Å². The quantitative estimate of drug-likeness (QED) is 0.758. The van der Waals surface area contributed by atoms with Gasteiger partial charge in [0, 0.05) is 12.3 Å². The molecule has 1 saturated heterocycles. The number of carbonyl (C=O) groups excluding carboxylic acids is 1. The van der Waals surface area contributed by atoms with Crippen molar-refractivity contribution in [2.75, 3.05) is 6.61 Å². The maximum absolute atomic E-state index is 12.1. The van der Waals surface area contributed by atoms with Gasteiger partial charge < -0.3 is 19.3 Å². The second-order valence-electron chi connectivity index (χ2n) is 6.41. The number of aromatic nitrogens is 2. The van der Waals surface area contributed by atoms with Gasteiger partial charge >= 0.3 is 12.0 Å². The highest BCUT2D eigenvalue weighted by atomic mass is 16.7. The topological polar surface area (TPSA) is 99.9 Å². The molecule has 0 radical (unpaired) electrons. The molecule has 3 rings (SSSR count). The fraction of sp³-hybridized carbons (Fsp3) is 0.643. The fourth-order valence-corrected chi connectivity index (χ4v) is 2.45. The van der Waals surface area contributed by atoms with Crippen LogP contribution in [-0.4, -0.2) is 45.5 Å². The van der Waals surface area contributed by atoms with Crippen molar-refractivity contribution < 1.29 is 24.1 Å². The van der Waals surface area contributed by atoms with Gasteiger partial charge in [-0.25, -0.2) is 0 Å². The van der Waals surface area contributed by atoms with Crippen LogP contribution < -0.4 is 10.3 Å². The summed E-state index contributed by atoms with van der Waals surface area (Å²) in [5, 5.41) is 9.45. The smallest absolute Gasteiger partial charge is 0.311 e. The minimum Gasteiger partial charge on any atom is -0.455 e. The van der Waals surface area contributed by atoms with Gasteiger partial charge in [0.25, 0.3) is 5.56 Å². The molecule has 120 valence electrons. The van der Waals surface area contributed by atoms with Crippen LogP contribution in [0.5, 0.6) is 6.01 Å². The van der Waals surface area contributed by atoms with Crippen molar-refractivity contribution in [1.29, 1.82) is 0 Å². The molecule has 8 nitrogen and oxygen atoms in total. The Labute approximate surface area is 126 Å². The molecule has 4 atom stereocenters. The van der Waals surface area contributed by atoms with Crippen molar-refractivity contribution in [2.24, 2.45) is 5.41 Å². The van der Waals surface area contributed by atoms with Crippen molar-refractivity contribution in [3.8, 4) is 6.01 Å². The molecule has 2 aliphatic heterocycles. The van der Waals surface area contributed by atoms with Crippen molar-refractivity contribution in [1.82, 2.24) is 9.55 Å². The van der Waals surface area contributed by atoms with E-state index in [2.05, 4.69) is 4.98 Å². The van der Waals surface area contributed by atoms with Crippen LogP contribution in [0.4, 0.5) is 0 Å². The lowest BCUT2D eigenvalue weighted by Gasteiger charge is -2.25. The third-order valence-electron chi connectivity index (χ3n) is 3.64. The summed E-state index contributed by atoms with van der Waals surface area (Å²) in [6.45, 7) is 4.91. The van der Waals surface area contributed by atoms with Crippen LogP contribution in [0.2, 0.25) is 0 Å². The van der Waals surface area contributed by atoms with E-state index in [9.17, 15) is 14.7 Å². The Morgan fingerprint density at radius 3 is 2.86 bits per heavy atom. The number of fused-ring (bicyclic) bond motifs is 3. The zero-order chi connectivity index (χ0) is 16.1. The van der Waals surface area contributed by atoms with Crippen LogP contribution in [0.25, 0.3) is 0 Å². The second-order valence-corrected chi connectivity index (χ2v) is 6.41. The van der Waals surface area contributed by atoms with Crippen molar-refractivity contribution in [3.63, 3.8) is 0 Å². The van der Waals surface area contributed by atoms with Crippen LogP contribution in [0.3, 0.4) is 0 Å². The van der Waals surface area contributed by atoms with Crippen LogP contribution in [0, 0.1) is 5.41 Å². The Bertz CT molecular complexity index is 649. The molecule has 0 saturated carbocycles. The first-order valence-corrected chi connectivity index (χ1v) is 7.04. The van der Waals surface area contributed by atoms with Crippen LogP contribution >= 0.6 is 0 Å². The number of esters is 1. The Balaban J connectivity index is 1.86. The molecule has 4 unspecified atom stereocenters. The lowest BCUT2D eigenvalue weighted by molar-refractivity contribution is -0.165. The normalized spacial score (nSPS) is 29.6. The van der Waals surface area contributed by atoms with E-state index >= 15 is 0 Å². The minimum atomic E-state index is -0.765. The first-order valence-electron chi connectivity index (χ1n) is 7.04. The van der Waals surface area contributed by atoms with Crippen molar-refractivity contribution >= 4 is 5.97 Å². The van der Waals surface area contributed by atoms with Gasteiger partial charge in [-0.15, -0.1) is 0 Å². The molecule has 0 aliphatic carbocycles. The molecule has 8 heteroatoms. The summed E-state index contributed by atoms with van der Waals surface area (Å²) in [5.74, 6) is -0.415. The SMILES string of the molecule is CC(C)(C)C(=O)OC1C(CO)OC2C1Oc1nc(=O)ccn12. The molecule has 1 aromatic heterocycles. The monoisotopic (exact) mass is 310 g/mol. The van der Waals surface area contributed by atoms with E-state index < -0.39 is 41.5 Å². The number of ether oxygens (including phenoxy) is 3. The van der Waals surface area contributed by atoms with E-state index in [0.29, 0.717) is 0 Å². The third-order valence-corrected chi connectivity index (χ3v) is 3.64. The summed E-state index contributed by atoms with van der Waals surface area (Å²) in [4.78, 5) is 27.2. The van der Waals surface area contributed by atoms with Gasteiger partial charge in [0.05, 0.1) is 12.0 Å². The third kappa shape index (κ3) is 2.38. The maximum Gasteiger partial charge on any atom is 0.311 e. The summed E-state index contributed by atoms with van der Waals surface area (Å²) in [7, 11) is 0. The predicted octanol–water partition coefficient (Wildman–Crippen LogP) is -0.148. The summed E-state index contributed by atoms with van der Waals surface area (Å²) in [5.41, 5.74) is -1.11. The number of nitrogens with zero attached hydrogens (tertiary/aromatic N) is 2. The Morgan fingerprint density at radius 2 is 2.23 bits per heavy atom. The zero-order valence-corrected chi connectivity index (χ0v) is 12.6. The molecule has 0 aromatic carbocycles. The van der Waals surface area contributed by atoms with E-state index in [0.717, 1.165) is 0 Å². The van der Waals surface area contributed by atoms with Gasteiger partial charge in [0.2, 0.25) is 0 Å². The number of hydrogen-bond acceptors (Lipinski definition) is 7. The van der Waals surface area contributed by atoms with Crippen molar-refractivity contribution in [2.45, 2.75) is 45.3 Å². The maximum atomic E-state index is 12.1. The largest absolute Gasteiger partial charge is 0.455 e. The van der Waals surface area contributed by atoms with Gasteiger partial charge in [-0.3, -0.25) is 14.2 Å². The highest BCUT2D eigenvalue weighted by molar-refractivity contribution is 5.75. The van der Waals surface area contributed by atoms with E-state index in [1.54, 1.807) is 25.3 Å². The first-order chi connectivity index (χ1) is 10.3. The highest BCUT2D eigenvalue weighted by Gasteiger charge is 2.54. The lowest BCUT2D eigenvalue weighted by Crippen LogP contribution is -2.41. The zero-order valence-electron chi connectivity index (χ0n) is 12.6. The van der Waals surface area contributed by atoms with Gasteiger partial charge in [0.15, 0.2) is 18.4 Å². The number of carbonyl (C=O) groups is 1. The predicted molar refractivity (Wildman–Crippen MR) is 73.2 cm³/mol. The molecular weight excluding hydrogens is 292 g/mol. The average Bonchev–Trinajstić information content (AvgIpc) is 2.93. The summed E-state index contributed by atoms with van der Waals surface area (Å²) >= 11 is 0. The Hall–Kier alpha value is -1.93. The number of aliphatic hydroxyl groups is 1. The van der Waals surface area contributed by atoms with E-state index in [4.69, 9.17) is 14.2 Å². The minimum absolute atomic E-state index is 0.121. The Morgan fingerprint density at radius 1 is 1.50 bits per heavy atom. The van der Waals surface area contributed by atoms with E-state index in [1.807, 2.05) is 0 Å². The van der Waals surface area contributed by atoms with E-state index in [1.165, 1.54) is 12.3 Å². The van der Waals surface area contributed by atoms with Crippen LogP contribution in [0.15, 0.2) is 17.1 Å². The highest BCUT2D eigenvalue weighted by Crippen LogP contribution is 2.40. The molecule has 3 heterocycles. The first kappa shape index (κ1) is 15.0. The standard InChI is InChI=1S/C14H18N2O6/c1-14(2,3)12(19)21-9-7(6-17)20-11-10(9)22-13-15-8(18)4-5-16(11)13/h4-5,7,9-11,17H,6H2,1-3H3. The van der Waals surface area contributed by atoms with Gasteiger partial charge in [-0.2, -0.15) is 4.98 Å². The Kier molecular flexibility index (Phi) is 3.45. The molecule has 1 fully saturated rings. The average molecular weight is 310 g/mol. The van der Waals surface area contributed by atoms with Gasteiger partial charge in [0.1, 0.15) is 6.10 Å². The number of rotatable bonds is 2. The number of aliphatic hydroxyl groups excluding tert-OH is 1. The van der Waals surface area contributed by atoms with Crippen molar-refractivity contribution in [3.05, 3.63) is 22.6 Å². The molecule has 22 heavy (non-hydrogen) atoms. The van der Waals surface area contributed by atoms with Gasteiger partial charge in [-0.1, -0.05) is 0 Å². The van der Waals surface area contributed by atoms with Crippen LogP contribution in [-0.2, 0) is 14.3 Å². The molecule has 2 aliphatic rings. The molecular formula is C14H18N2O6.